The molecule has 34 heavy (non-hydrogen) atoms. The quantitative estimate of drug-likeness (QED) is 0.534. The first-order chi connectivity index (χ1) is 17.3. The van der Waals surface area contributed by atoms with Gasteiger partial charge in [-0.1, -0.05) is 6.07 Å². The Hall–Kier alpha value is -3.26. The number of fused-ring (bicyclic) bond motifs is 2. The lowest BCUT2D eigenvalue weighted by molar-refractivity contribution is 0.207. The maximum atomic E-state index is 14.0. The molecule has 1 aromatic carbocycles. The first-order valence-electron chi connectivity index (χ1n) is 12.9. The molecular formula is C26H30FN5O2. The predicted molar refractivity (Wildman–Crippen MR) is 129 cm³/mol. The Morgan fingerprint density at radius 1 is 1.09 bits per heavy atom. The van der Waals surface area contributed by atoms with Crippen molar-refractivity contribution < 1.29 is 18.3 Å². The van der Waals surface area contributed by atoms with E-state index in [2.05, 4.69) is 46.3 Å². The van der Waals surface area contributed by atoms with Crippen LogP contribution in [0.2, 0.25) is 0 Å². The minimum absolute atomic E-state index is 0.0702. The standard InChI is InChI=1S/C26H30FN5O2/c1-25-9-10-26(2,31-25)15-18(14-25)32(3)23-8-7-20(29-30-23)19-6-5-16(11-21(19)33)17-12-22(27)28-24(13-17)34-4/h5-8,11-13,18,31,33H,9-10,14-15H2,1-4H3/t18?,25-,26+/i4D3. The first-order valence-corrected chi connectivity index (χ1v) is 11.4. The number of aromatic nitrogens is 3. The molecule has 0 saturated carbocycles. The van der Waals surface area contributed by atoms with Crippen molar-refractivity contribution in [2.75, 3.05) is 19.0 Å². The molecule has 4 heterocycles. The number of methoxy groups -OCH3 is 1. The van der Waals surface area contributed by atoms with Gasteiger partial charge in [-0.2, -0.15) is 9.37 Å². The molecule has 3 aromatic rings. The third kappa shape index (κ3) is 4.18. The molecule has 2 fully saturated rings. The summed E-state index contributed by atoms with van der Waals surface area (Å²) >= 11 is 0. The highest BCUT2D eigenvalue weighted by molar-refractivity contribution is 5.74. The molecule has 7 nitrogen and oxygen atoms in total. The summed E-state index contributed by atoms with van der Waals surface area (Å²) in [6.45, 7) is 4.59. The summed E-state index contributed by atoms with van der Waals surface area (Å²) in [6, 6.07) is 11.3. The summed E-state index contributed by atoms with van der Waals surface area (Å²) in [5, 5.41) is 23.3. The van der Waals surface area contributed by atoms with Crippen LogP contribution in [0.3, 0.4) is 0 Å². The number of ether oxygens (including phenoxy) is 1. The lowest BCUT2D eigenvalue weighted by Crippen LogP contribution is -2.58. The summed E-state index contributed by atoms with van der Waals surface area (Å²) in [4.78, 5) is 5.66. The maximum Gasteiger partial charge on any atom is 0.216 e. The molecule has 0 spiro atoms. The molecule has 0 radical (unpaired) electrons. The van der Waals surface area contributed by atoms with Gasteiger partial charge in [-0.15, -0.1) is 10.2 Å². The van der Waals surface area contributed by atoms with Gasteiger partial charge in [0.15, 0.2) is 5.82 Å². The van der Waals surface area contributed by atoms with Gasteiger partial charge >= 0.3 is 0 Å². The fraction of sp³-hybridized carbons (Fsp3) is 0.423. The Morgan fingerprint density at radius 2 is 1.85 bits per heavy atom. The number of hydrogen-bond acceptors (Lipinski definition) is 7. The summed E-state index contributed by atoms with van der Waals surface area (Å²) in [7, 11) is -0.706. The number of hydrogen-bond donors (Lipinski definition) is 2. The Kier molecular flexibility index (Phi) is 4.60. The van der Waals surface area contributed by atoms with Crippen LogP contribution in [0.1, 0.15) is 43.6 Å². The van der Waals surface area contributed by atoms with Crippen LogP contribution < -0.4 is 15.0 Å². The number of benzene rings is 1. The monoisotopic (exact) mass is 466 g/mol. The highest BCUT2D eigenvalue weighted by Crippen LogP contribution is 2.44. The Bertz CT molecular complexity index is 1300. The summed E-state index contributed by atoms with van der Waals surface area (Å²) in [6.07, 6.45) is 4.43. The first kappa shape index (κ1) is 19.1. The van der Waals surface area contributed by atoms with Crippen LogP contribution in [0, 0.1) is 5.95 Å². The zero-order valence-corrected chi connectivity index (χ0v) is 19.5. The largest absolute Gasteiger partial charge is 0.507 e. The molecule has 0 aliphatic carbocycles. The van der Waals surface area contributed by atoms with E-state index in [1.165, 1.54) is 25.0 Å². The van der Waals surface area contributed by atoms with E-state index in [9.17, 15) is 9.50 Å². The number of aromatic hydroxyl groups is 1. The zero-order chi connectivity index (χ0) is 26.6. The second-order valence-electron chi connectivity index (χ2n) is 10.0. The van der Waals surface area contributed by atoms with Gasteiger partial charge in [0.25, 0.3) is 0 Å². The number of rotatable bonds is 5. The third-order valence-electron chi connectivity index (χ3n) is 7.25. The van der Waals surface area contributed by atoms with Crippen molar-refractivity contribution in [2.24, 2.45) is 0 Å². The Balaban J connectivity index is 1.35. The molecule has 3 atom stereocenters. The van der Waals surface area contributed by atoms with Crippen LogP contribution >= 0.6 is 0 Å². The molecule has 2 bridgehead atoms. The van der Waals surface area contributed by atoms with Crippen molar-refractivity contribution in [3.63, 3.8) is 0 Å². The molecule has 1 unspecified atom stereocenters. The lowest BCUT2D eigenvalue weighted by atomic mass is 9.84. The van der Waals surface area contributed by atoms with E-state index in [-0.39, 0.29) is 22.7 Å². The number of phenolic OH excluding ortho intramolecular Hbond substituents is 1. The van der Waals surface area contributed by atoms with E-state index in [1.54, 1.807) is 12.1 Å². The highest BCUT2D eigenvalue weighted by atomic mass is 19.1. The third-order valence-corrected chi connectivity index (χ3v) is 7.25. The summed E-state index contributed by atoms with van der Waals surface area (Å²) in [5.74, 6) is -0.559. The number of pyridine rings is 1. The van der Waals surface area contributed by atoms with Crippen molar-refractivity contribution in [1.82, 2.24) is 20.5 Å². The number of piperidine rings is 1. The van der Waals surface area contributed by atoms with Crippen LogP contribution in [0.15, 0.2) is 42.5 Å². The van der Waals surface area contributed by atoms with Gasteiger partial charge in [-0.25, -0.2) is 0 Å². The molecule has 178 valence electrons. The van der Waals surface area contributed by atoms with E-state index >= 15 is 0 Å². The van der Waals surface area contributed by atoms with Crippen LogP contribution in [-0.4, -0.2) is 51.5 Å². The number of nitrogens with one attached hydrogen (secondary N) is 1. The minimum atomic E-state index is -2.76. The van der Waals surface area contributed by atoms with Crippen molar-refractivity contribution >= 4 is 5.82 Å². The van der Waals surface area contributed by atoms with Crippen molar-refractivity contribution in [3.8, 4) is 34.0 Å². The predicted octanol–water partition coefficient (Wildman–Crippen LogP) is 4.56. The molecule has 0 amide bonds. The summed E-state index contributed by atoms with van der Waals surface area (Å²) < 4.78 is 40.3. The van der Waals surface area contributed by atoms with E-state index in [4.69, 9.17) is 8.85 Å². The molecular weight excluding hydrogens is 433 g/mol. The van der Waals surface area contributed by atoms with Gasteiger partial charge in [0.2, 0.25) is 11.8 Å². The minimum Gasteiger partial charge on any atom is -0.507 e. The van der Waals surface area contributed by atoms with Gasteiger partial charge in [0.05, 0.1) is 16.8 Å². The van der Waals surface area contributed by atoms with Crippen LogP contribution in [0.4, 0.5) is 10.2 Å². The normalized spacial score (nSPS) is 27.5. The zero-order valence-electron chi connectivity index (χ0n) is 22.5. The number of nitrogens with zero attached hydrogens (tertiary/aromatic N) is 4. The average molecular weight is 467 g/mol. The molecule has 8 heteroatoms. The van der Waals surface area contributed by atoms with Gasteiger partial charge in [-0.3, -0.25) is 0 Å². The van der Waals surface area contributed by atoms with Gasteiger partial charge < -0.3 is 20.1 Å². The van der Waals surface area contributed by atoms with Gasteiger partial charge in [0.1, 0.15) is 5.75 Å². The smallest absolute Gasteiger partial charge is 0.216 e. The maximum absolute atomic E-state index is 14.0. The molecule has 5 rings (SSSR count). The number of anilines is 1. The van der Waals surface area contributed by atoms with E-state index in [0.717, 1.165) is 24.7 Å². The molecule has 2 saturated heterocycles. The second-order valence-corrected chi connectivity index (χ2v) is 10.0. The molecule has 2 aliphatic rings. The van der Waals surface area contributed by atoms with Crippen LogP contribution in [-0.2, 0) is 0 Å². The Morgan fingerprint density at radius 3 is 2.50 bits per heavy atom. The molecule has 2 aromatic heterocycles. The summed E-state index contributed by atoms with van der Waals surface area (Å²) in [5.41, 5.74) is 2.03. The van der Waals surface area contributed by atoms with Crippen LogP contribution in [0.25, 0.3) is 22.4 Å². The highest BCUT2D eigenvalue weighted by Gasteiger charge is 2.49. The van der Waals surface area contributed by atoms with Crippen LogP contribution in [0.5, 0.6) is 11.6 Å². The second kappa shape index (κ2) is 8.20. The van der Waals surface area contributed by atoms with E-state index < -0.39 is 13.0 Å². The lowest BCUT2D eigenvalue weighted by Gasteiger charge is -2.45. The fourth-order valence-electron chi connectivity index (χ4n) is 5.56. The van der Waals surface area contributed by atoms with Gasteiger partial charge in [-0.05, 0) is 74.9 Å². The van der Waals surface area contributed by atoms with E-state index in [1.807, 2.05) is 12.1 Å². The Labute approximate surface area is 203 Å². The van der Waals surface area contributed by atoms with Crippen molar-refractivity contribution in [2.45, 2.75) is 56.7 Å². The van der Waals surface area contributed by atoms with E-state index in [0.29, 0.717) is 28.4 Å². The topological polar surface area (TPSA) is 83.4 Å². The number of halogens is 1. The SMILES string of the molecule is [2H]C([2H])([2H])Oc1cc(-c2ccc(-c3ccc(N(C)C4C[C@]5(C)CC[C@](C)(C4)N5)nn3)c(O)c2)cc(F)n1. The van der Waals surface area contributed by atoms with Crippen molar-refractivity contribution in [1.29, 1.82) is 0 Å². The van der Waals surface area contributed by atoms with Gasteiger partial charge in [0, 0.05) is 41.9 Å². The fourth-order valence-corrected chi connectivity index (χ4v) is 5.56. The molecule has 2 N–H and O–H groups in total. The molecule has 2 aliphatic heterocycles. The average Bonchev–Trinajstić information content (AvgIpc) is 3.03. The number of phenols is 1. The van der Waals surface area contributed by atoms with Crippen molar-refractivity contribution in [3.05, 3.63) is 48.4 Å².